The van der Waals surface area contributed by atoms with Crippen LogP contribution in [0.25, 0.3) is 0 Å². The van der Waals surface area contributed by atoms with Crippen LogP contribution in [0.5, 0.6) is 5.75 Å². The lowest BCUT2D eigenvalue weighted by Gasteiger charge is -2.12. The quantitative estimate of drug-likeness (QED) is 0.824. The normalized spacial score (nSPS) is 15.0. The van der Waals surface area contributed by atoms with E-state index in [9.17, 15) is 8.78 Å². The molecule has 0 aliphatic heterocycles. The molecule has 23 heavy (non-hydrogen) atoms. The zero-order valence-electron chi connectivity index (χ0n) is 13.0. The van der Waals surface area contributed by atoms with Gasteiger partial charge in [-0.05, 0) is 43.9 Å². The number of nitrogens with zero attached hydrogens (tertiary/aromatic N) is 1. The number of thiazole rings is 1. The van der Waals surface area contributed by atoms with Crippen molar-refractivity contribution in [2.45, 2.75) is 45.2 Å². The van der Waals surface area contributed by atoms with Gasteiger partial charge < -0.3 is 10.1 Å². The summed E-state index contributed by atoms with van der Waals surface area (Å²) in [5.74, 6) is 0.471. The first-order chi connectivity index (χ1) is 11.1. The van der Waals surface area contributed by atoms with Crippen LogP contribution in [0.2, 0.25) is 0 Å². The third kappa shape index (κ3) is 4.26. The molecule has 3 rings (SSSR count). The zero-order chi connectivity index (χ0) is 16.2. The Kier molecular flexibility index (Phi) is 5.23. The van der Waals surface area contributed by atoms with Gasteiger partial charge >= 0.3 is 0 Å². The maximum absolute atomic E-state index is 12.1. The van der Waals surface area contributed by atoms with E-state index in [0.29, 0.717) is 12.3 Å². The van der Waals surface area contributed by atoms with Crippen molar-refractivity contribution in [1.29, 1.82) is 0 Å². The molecule has 1 heterocycles. The Balaban J connectivity index is 1.51. The fraction of sp³-hybridized carbons (Fsp3) is 0.471. The maximum Gasteiger partial charge on any atom is 0.272 e. The predicted molar refractivity (Wildman–Crippen MR) is 87.3 cm³/mol. The third-order valence-electron chi connectivity index (χ3n) is 3.89. The van der Waals surface area contributed by atoms with Crippen LogP contribution in [0.15, 0.2) is 24.3 Å². The van der Waals surface area contributed by atoms with Crippen LogP contribution in [0.3, 0.4) is 0 Å². The minimum Gasteiger partial charge on any atom is -0.488 e. The van der Waals surface area contributed by atoms with E-state index in [1.807, 2.05) is 23.5 Å². The summed E-state index contributed by atoms with van der Waals surface area (Å²) < 4.78 is 29.2. The average Bonchev–Trinajstić information content (AvgIpc) is 3.13. The van der Waals surface area contributed by atoms with Gasteiger partial charge in [-0.25, -0.2) is 13.8 Å². The van der Waals surface area contributed by atoms with Gasteiger partial charge in [0.15, 0.2) is 0 Å². The Morgan fingerprint density at radius 1 is 1.26 bits per heavy atom. The van der Waals surface area contributed by atoms with Gasteiger partial charge in [0.05, 0.1) is 11.7 Å². The molecule has 3 nitrogen and oxygen atoms in total. The molecule has 1 aliphatic rings. The van der Waals surface area contributed by atoms with Gasteiger partial charge in [-0.3, -0.25) is 0 Å². The average molecular weight is 338 g/mol. The van der Waals surface area contributed by atoms with E-state index in [-0.39, 0.29) is 6.04 Å². The molecular weight excluding hydrogens is 318 g/mol. The first-order valence-corrected chi connectivity index (χ1v) is 8.65. The van der Waals surface area contributed by atoms with Gasteiger partial charge in [0.25, 0.3) is 6.43 Å². The lowest BCUT2D eigenvalue weighted by molar-refractivity contribution is 0.0819. The van der Waals surface area contributed by atoms with Crippen molar-refractivity contribution in [3.8, 4) is 5.75 Å². The van der Waals surface area contributed by atoms with Crippen molar-refractivity contribution in [2.24, 2.45) is 0 Å². The van der Waals surface area contributed by atoms with E-state index < -0.39 is 13.0 Å². The molecule has 6 heteroatoms. The van der Waals surface area contributed by atoms with E-state index in [1.165, 1.54) is 23.4 Å². The molecule has 1 N–H and O–H groups in total. The van der Waals surface area contributed by atoms with Crippen LogP contribution in [0.1, 0.15) is 40.5 Å². The molecule has 1 atom stereocenters. The van der Waals surface area contributed by atoms with Gasteiger partial charge in [-0.15, -0.1) is 11.3 Å². The highest BCUT2D eigenvalue weighted by molar-refractivity contribution is 7.11. The number of alkyl halides is 2. The van der Waals surface area contributed by atoms with E-state index >= 15 is 0 Å². The first-order valence-electron chi connectivity index (χ1n) is 7.83. The van der Waals surface area contributed by atoms with E-state index in [4.69, 9.17) is 9.72 Å². The van der Waals surface area contributed by atoms with Crippen molar-refractivity contribution in [1.82, 2.24) is 10.3 Å². The molecule has 0 spiro atoms. The topological polar surface area (TPSA) is 34.1 Å². The predicted octanol–water partition coefficient (Wildman–Crippen LogP) is 4.13. The van der Waals surface area contributed by atoms with Crippen molar-refractivity contribution in [2.75, 3.05) is 6.61 Å². The standard InChI is InChI=1S/C17H20F2N2OS/c1-11(17-21-14-3-2-4-15(14)23-17)20-9-12-5-7-13(8-6-12)22-10-16(18)19/h5-8,11,16,20H,2-4,9-10H2,1H3. The highest BCUT2D eigenvalue weighted by atomic mass is 32.1. The molecule has 0 saturated heterocycles. The molecule has 0 saturated carbocycles. The second kappa shape index (κ2) is 7.36. The molecule has 1 aromatic carbocycles. The van der Waals surface area contributed by atoms with Crippen molar-refractivity contribution >= 4 is 11.3 Å². The summed E-state index contributed by atoms with van der Waals surface area (Å²) in [5, 5.41) is 4.61. The number of halogens is 2. The number of rotatable bonds is 7. The summed E-state index contributed by atoms with van der Waals surface area (Å²) in [6.07, 6.45) is 1.06. The Bertz CT molecular complexity index is 621. The Morgan fingerprint density at radius 2 is 2.04 bits per heavy atom. The summed E-state index contributed by atoms with van der Waals surface area (Å²) in [7, 11) is 0. The van der Waals surface area contributed by atoms with Crippen LogP contribution in [-0.2, 0) is 19.4 Å². The summed E-state index contributed by atoms with van der Waals surface area (Å²) in [6.45, 7) is 2.26. The van der Waals surface area contributed by atoms with Crippen LogP contribution in [0, 0.1) is 0 Å². The minimum absolute atomic E-state index is 0.209. The number of ether oxygens (including phenoxy) is 1. The lowest BCUT2D eigenvalue weighted by Crippen LogP contribution is -2.18. The van der Waals surface area contributed by atoms with Crippen molar-refractivity contribution < 1.29 is 13.5 Å². The van der Waals surface area contributed by atoms with Gasteiger partial charge in [-0.1, -0.05) is 12.1 Å². The Hall–Kier alpha value is -1.53. The lowest BCUT2D eigenvalue weighted by atomic mass is 10.2. The van der Waals surface area contributed by atoms with Crippen LogP contribution in [0.4, 0.5) is 8.78 Å². The number of hydrogen-bond acceptors (Lipinski definition) is 4. The highest BCUT2D eigenvalue weighted by Crippen LogP contribution is 2.30. The summed E-state index contributed by atoms with van der Waals surface area (Å²) in [6, 6.07) is 7.44. The zero-order valence-corrected chi connectivity index (χ0v) is 13.8. The smallest absolute Gasteiger partial charge is 0.272 e. The molecule has 2 aromatic rings. The van der Waals surface area contributed by atoms with Gasteiger partial charge in [-0.2, -0.15) is 0 Å². The monoisotopic (exact) mass is 338 g/mol. The number of fused-ring (bicyclic) bond motifs is 1. The van der Waals surface area contributed by atoms with Crippen molar-refractivity contribution in [3.05, 3.63) is 45.4 Å². The second-order valence-electron chi connectivity index (χ2n) is 5.72. The molecule has 124 valence electrons. The molecule has 0 bridgehead atoms. The second-order valence-corrected chi connectivity index (χ2v) is 6.84. The molecule has 1 aromatic heterocycles. The molecule has 1 aliphatic carbocycles. The van der Waals surface area contributed by atoms with E-state index in [1.54, 1.807) is 12.1 Å². The number of nitrogens with one attached hydrogen (secondary N) is 1. The number of benzene rings is 1. The number of aromatic nitrogens is 1. The van der Waals surface area contributed by atoms with E-state index in [0.717, 1.165) is 17.0 Å². The summed E-state index contributed by atoms with van der Waals surface area (Å²) in [4.78, 5) is 6.16. The van der Waals surface area contributed by atoms with Crippen molar-refractivity contribution in [3.63, 3.8) is 0 Å². The first kappa shape index (κ1) is 16.3. The van der Waals surface area contributed by atoms with Gasteiger partial charge in [0.1, 0.15) is 17.4 Å². The van der Waals surface area contributed by atoms with Gasteiger partial charge in [0.2, 0.25) is 0 Å². The molecule has 0 amide bonds. The number of aryl methyl sites for hydroxylation is 2. The van der Waals surface area contributed by atoms with Crippen LogP contribution in [-0.4, -0.2) is 18.0 Å². The Labute approximate surface area is 138 Å². The van der Waals surface area contributed by atoms with E-state index in [2.05, 4.69) is 12.2 Å². The molecule has 1 unspecified atom stereocenters. The fourth-order valence-electron chi connectivity index (χ4n) is 2.62. The van der Waals surface area contributed by atoms with Gasteiger partial charge in [0, 0.05) is 11.4 Å². The largest absolute Gasteiger partial charge is 0.488 e. The Morgan fingerprint density at radius 3 is 2.74 bits per heavy atom. The fourth-order valence-corrected chi connectivity index (χ4v) is 3.80. The van der Waals surface area contributed by atoms with Crippen LogP contribution >= 0.6 is 11.3 Å². The maximum atomic E-state index is 12.1. The molecular formula is C17H20F2N2OS. The third-order valence-corrected chi connectivity index (χ3v) is 5.23. The number of hydrogen-bond donors (Lipinski definition) is 1. The molecule has 0 fully saturated rings. The molecule has 0 radical (unpaired) electrons. The SMILES string of the molecule is CC(NCc1ccc(OCC(F)F)cc1)c1nc2c(s1)CCC2. The summed E-state index contributed by atoms with van der Waals surface area (Å²) in [5.41, 5.74) is 2.37. The summed E-state index contributed by atoms with van der Waals surface area (Å²) >= 11 is 1.81. The highest BCUT2D eigenvalue weighted by Gasteiger charge is 2.19. The minimum atomic E-state index is -2.45. The van der Waals surface area contributed by atoms with Crippen LogP contribution < -0.4 is 10.1 Å².